The molecule has 19 heavy (non-hydrogen) atoms. The molecular formula is C12H23NO5Si. The van der Waals surface area contributed by atoms with Crippen LogP contribution in [0.15, 0.2) is 12.1 Å². The lowest BCUT2D eigenvalue weighted by atomic mass is 10.6. The van der Waals surface area contributed by atoms with E-state index in [2.05, 4.69) is 0 Å². The van der Waals surface area contributed by atoms with Crippen molar-refractivity contribution in [3.63, 3.8) is 0 Å². The standard InChI is InChI=1S/C12H23NO5Si/c1-5-16-19(17-6-2,18-7-3)10(4)13-11(14)8-9-12(13)15/h8-10,14-15H,5-7H2,1-4H3. The summed E-state index contributed by atoms with van der Waals surface area (Å²) in [6, 6.07) is 2.85. The topological polar surface area (TPSA) is 73.1 Å². The van der Waals surface area contributed by atoms with E-state index in [9.17, 15) is 10.2 Å². The lowest BCUT2D eigenvalue weighted by Gasteiger charge is -2.34. The summed E-state index contributed by atoms with van der Waals surface area (Å²) in [7, 11) is -3.02. The van der Waals surface area contributed by atoms with Crippen LogP contribution in [0.25, 0.3) is 0 Å². The molecule has 0 amide bonds. The molecule has 0 saturated carbocycles. The van der Waals surface area contributed by atoms with Crippen LogP contribution >= 0.6 is 0 Å². The molecule has 1 atom stereocenters. The summed E-state index contributed by atoms with van der Waals surface area (Å²) in [5.41, 5.74) is -0.414. The van der Waals surface area contributed by atoms with Gasteiger partial charge in [-0.3, -0.25) is 4.57 Å². The molecule has 2 N–H and O–H groups in total. The Balaban J connectivity index is 3.14. The van der Waals surface area contributed by atoms with Crippen molar-refractivity contribution in [1.82, 2.24) is 4.57 Å². The van der Waals surface area contributed by atoms with Crippen LogP contribution in [0.1, 0.15) is 33.4 Å². The SMILES string of the molecule is CCO[Si](OCC)(OCC)C(C)n1c(O)ccc1O. The second kappa shape index (κ2) is 6.95. The van der Waals surface area contributed by atoms with Crippen LogP contribution in [0.4, 0.5) is 0 Å². The van der Waals surface area contributed by atoms with Gasteiger partial charge in [0, 0.05) is 32.0 Å². The third kappa shape index (κ3) is 3.30. The molecule has 0 aliphatic heterocycles. The predicted molar refractivity (Wildman–Crippen MR) is 73.1 cm³/mol. The summed E-state index contributed by atoms with van der Waals surface area (Å²) in [5.74, 6) is -0.0815. The Morgan fingerprint density at radius 2 is 1.37 bits per heavy atom. The zero-order chi connectivity index (χ0) is 14.5. The Bertz CT molecular complexity index is 359. The molecule has 0 saturated heterocycles. The summed E-state index contributed by atoms with van der Waals surface area (Å²) in [6.07, 6.45) is 0. The minimum absolute atomic E-state index is 0.0408. The first-order valence-corrected chi connectivity index (χ1v) is 8.33. The van der Waals surface area contributed by atoms with Crippen LogP contribution in [0, 0.1) is 0 Å². The van der Waals surface area contributed by atoms with Crippen molar-refractivity contribution in [3.05, 3.63) is 12.1 Å². The van der Waals surface area contributed by atoms with E-state index in [0.29, 0.717) is 19.8 Å². The van der Waals surface area contributed by atoms with E-state index in [4.69, 9.17) is 13.3 Å². The van der Waals surface area contributed by atoms with E-state index in [-0.39, 0.29) is 11.8 Å². The quantitative estimate of drug-likeness (QED) is 0.717. The van der Waals surface area contributed by atoms with Gasteiger partial charge in [0.05, 0.1) is 0 Å². The number of hydrogen-bond acceptors (Lipinski definition) is 5. The summed E-state index contributed by atoms with van der Waals surface area (Å²) >= 11 is 0. The molecule has 0 spiro atoms. The Morgan fingerprint density at radius 1 is 1.00 bits per heavy atom. The van der Waals surface area contributed by atoms with E-state index in [0.717, 1.165) is 0 Å². The van der Waals surface area contributed by atoms with Crippen LogP contribution < -0.4 is 0 Å². The number of rotatable bonds is 8. The third-order valence-corrected chi connectivity index (χ3v) is 6.17. The predicted octanol–water partition coefficient (Wildman–Crippen LogP) is 2.05. The Labute approximate surface area is 114 Å². The zero-order valence-electron chi connectivity index (χ0n) is 11.9. The van der Waals surface area contributed by atoms with E-state index in [1.807, 2.05) is 27.7 Å². The van der Waals surface area contributed by atoms with E-state index in [1.165, 1.54) is 16.7 Å². The van der Waals surface area contributed by atoms with Gasteiger partial charge in [-0.15, -0.1) is 0 Å². The molecular weight excluding hydrogens is 266 g/mol. The van der Waals surface area contributed by atoms with Crippen molar-refractivity contribution in [2.45, 2.75) is 33.4 Å². The minimum atomic E-state index is -3.02. The van der Waals surface area contributed by atoms with E-state index in [1.54, 1.807) is 0 Å². The maximum Gasteiger partial charge on any atom is 0.525 e. The normalized spacial score (nSPS) is 13.7. The highest BCUT2D eigenvalue weighted by atomic mass is 28.4. The Hall–Kier alpha value is -1.02. The molecule has 0 aliphatic carbocycles. The maximum atomic E-state index is 9.83. The highest BCUT2D eigenvalue weighted by Gasteiger charge is 2.49. The first-order valence-electron chi connectivity index (χ1n) is 6.53. The number of hydrogen-bond donors (Lipinski definition) is 2. The summed E-state index contributed by atoms with van der Waals surface area (Å²) in [4.78, 5) is 0. The highest BCUT2D eigenvalue weighted by molar-refractivity contribution is 6.61. The zero-order valence-corrected chi connectivity index (χ0v) is 12.9. The van der Waals surface area contributed by atoms with Crippen molar-refractivity contribution in [1.29, 1.82) is 0 Å². The third-order valence-electron chi connectivity index (χ3n) is 2.81. The van der Waals surface area contributed by atoms with Gasteiger partial charge in [-0.2, -0.15) is 0 Å². The Kier molecular flexibility index (Phi) is 5.86. The number of aromatic nitrogens is 1. The lowest BCUT2D eigenvalue weighted by Crippen LogP contribution is -2.52. The van der Waals surface area contributed by atoms with Gasteiger partial charge < -0.3 is 23.5 Å². The molecule has 0 bridgehead atoms. The van der Waals surface area contributed by atoms with Crippen molar-refractivity contribution >= 4 is 8.80 Å². The van der Waals surface area contributed by atoms with Crippen LogP contribution in [-0.2, 0) is 13.3 Å². The molecule has 1 aromatic rings. The van der Waals surface area contributed by atoms with Gasteiger partial charge in [0.25, 0.3) is 0 Å². The van der Waals surface area contributed by atoms with E-state index < -0.39 is 14.5 Å². The maximum absolute atomic E-state index is 9.83. The second-order valence-corrected chi connectivity index (χ2v) is 6.91. The average molecular weight is 289 g/mol. The highest BCUT2D eigenvalue weighted by Crippen LogP contribution is 2.33. The van der Waals surface area contributed by atoms with Gasteiger partial charge in [-0.05, 0) is 27.7 Å². The molecule has 1 aromatic heterocycles. The van der Waals surface area contributed by atoms with Crippen LogP contribution in [0.2, 0.25) is 0 Å². The fraction of sp³-hybridized carbons (Fsp3) is 0.667. The molecule has 6 nitrogen and oxygen atoms in total. The van der Waals surface area contributed by atoms with E-state index >= 15 is 0 Å². The van der Waals surface area contributed by atoms with Crippen molar-refractivity contribution < 1.29 is 23.5 Å². The monoisotopic (exact) mass is 289 g/mol. The summed E-state index contributed by atoms with van der Waals surface area (Å²) in [5, 5.41) is 19.7. The van der Waals surface area contributed by atoms with Gasteiger partial charge in [-0.25, -0.2) is 0 Å². The fourth-order valence-electron chi connectivity index (χ4n) is 2.07. The first-order chi connectivity index (χ1) is 9.02. The van der Waals surface area contributed by atoms with Gasteiger partial charge >= 0.3 is 8.80 Å². The van der Waals surface area contributed by atoms with Crippen molar-refractivity contribution in [3.8, 4) is 11.8 Å². The van der Waals surface area contributed by atoms with Crippen LogP contribution in [0.5, 0.6) is 11.8 Å². The molecule has 7 heteroatoms. The van der Waals surface area contributed by atoms with Crippen molar-refractivity contribution in [2.75, 3.05) is 19.8 Å². The Morgan fingerprint density at radius 3 is 1.68 bits per heavy atom. The fourth-order valence-corrected chi connectivity index (χ4v) is 4.83. The second-order valence-electron chi connectivity index (χ2n) is 4.00. The molecule has 110 valence electrons. The molecule has 1 heterocycles. The molecule has 0 fully saturated rings. The average Bonchev–Trinajstić information content (AvgIpc) is 2.69. The van der Waals surface area contributed by atoms with Crippen molar-refractivity contribution in [2.24, 2.45) is 0 Å². The lowest BCUT2D eigenvalue weighted by molar-refractivity contribution is 0.0537. The molecule has 0 radical (unpaired) electrons. The van der Waals surface area contributed by atoms with Gasteiger partial charge in [0.2, 0.25) is 0 Å². The minimum Gasteiger partial charge on any atom is -0.494 e. The largest absolute Gasteiger partial charge is 0.525 e. The number of nitrogens with zero attached hydrogens (tertiary/aromatic N) is 1. The van der Waals surface area contributed by atoms with Gasteiger partial charge in [-0.1, -0.05) is 0 Å². The smallest absolute Gasteiger partial charge is 0.494 e. The number of aromatic hydroxyl groups is 2. The summed E-state index contributed by atoms with van der Waals surface area (Å²) in [6.45, 7) is 8.73. The van der Waals surface area contributed by atoms with Crippen LogP contribution in [0.3, 0.4) is 0 Å². The molecule has 0 aliphatic rings. The van der Waals surface area contributed by atoms with Crippen LogP contribution in [-0.4, -0.2) is 43.4 Å². The molecule has 1 rings (SSSR count). The van der Waals surface area contributed by atoms with Gasteiger partial charge in [0.1, 0.15) is 5.67 Å². The summed E-state index contributed by atoms with van der Waals surface area (Å²) < 4.78 is 18.6. The van der Waals surface area contributed by atoms with Gasteiger partial charge in [0.15, 0.2) is 11.8 Å². The molecule has 0 aromatic carbocycles. The molecule has 1 unspecified atom stereocenters. The first kappa shape index (κ1) is 16.0.